The molecule has 0 fully saturated rings. The molecule has 0 heterocycles. The third-order valence-corrected chi connectivity index (χ3v) is 3.69. The molecule has 1 aromatic carbocycles. The topological polar surface area (TPSA) is 85.9 Å². The van der Waals surface area contributed by atoms with Gasteiger partial charge in [0.1, 0.15) is 0 Å². The minimum absolute atomic E-state index is 0.0913. The number of nitrogens with one attached hydrogen (secondary N) is 2. The van der Waals surface area contributed by atoms with E-state index in [1.165, 1.54) is 33.5 Å². The van der Waals surface area contributed by atoms with E-state index in [9.17, 15) is 9.59 Å². The van der Waals surface area contributed by atoms with Crippen molar-refractivity contribution in [3.63, 3.8) is 0 Å². The average molecular weight is 338 g/mol. The molecule has 0 unspecified atom stereocenters. The van der Waals surface area contributed by atoms with Crippen molar-refractivity contribution in [3.8, 4) is 17.2 Å². The van der Waals surface area contributed by atoms with Gasteiger partial charge in [-0.3, -0.25) is 9.59 Å². The molecule has 24 heavy (non-hydrogen) atoms. The molecule has 0 atom stereocenters. The zero-order valence-corrected chi connectivity index (χ0v) is 14.9. The highest BCUT2D eigenvalue weighted by Crippen LogP contribution is 2.38. The fraction of sp³-hybridized carbons (Fsp3) is 0.529. The van der Waals surface area contributed by atoms with Crippen LogP contribution >= 0.6 is 0 Å². The molecule has 2 amide bonds. The Bertz CT molecular complexity index is 545. The first-order valence-electron chi connectivity index (χ1n) is 7.88. The number of amides is 2. The molecule has 134 valence electrons. The van der Waals surface area contributed by atoms with Crippen molar-refractivity contribution >= 4 is 11.8 Å². The van der Waals surface area contributed by atoms with Gasteiger partial charge in [0, 0.05) is 11.6 Å². The zero-order chi connectivity index (χ0) is 18.1. The number of hydrogen-bond acceptors (Lipinski definition) is 5. The van der Waals surface area contributed by atoms with E-state index in [0.717, 1.165) is 12.8 Å². The molecule has 1 rings (SSSR count). The van der Waals surface area contributed by atoms with Crippen LogP contribution < -0.4 is 24.8 Å². The maximum absolute atomic E-state index is 12.3. The molecule has 0 bridgehead atoms. The SMILES string of the molecule is CCC(CC)NC(=O)CNC(=O)c1cc(OC)c(OC)c(OC)c1. The Labute approximate surface area is 142 Å². The lowest BCUT2D eigenvalue weighted by atomic mass is 10.1. The highest BCUT2D eigenvalue weighted by Gasteiger charge is 2.17. The maximum Gasteiger partial charge on any atom is 0.251 e. The van der Waals surface area contributed by atoms with E-state index in [1.54, 1.807) is 0 Å². The molecule has 0 aliphatic carbocycles. The van der Waals surface area contributed by atoms with Crippen LogP contribution in [-0.4, -0.2) is 45.7 Å². The van der Waals surface area contributed by atoms with Crippen molar-refractivity contribution in [2.45, 2.75) is 32.7 Å². The molecule has 0 radical (unpaired) electrons. The number of carbonyl (C=O) groups excluding carboxylic acids is 2. The van der Waals surface area contributed by atoms with E-state index in [1.807, 2.05) is 13.8 Å². The van der Waals surface area contributed by atoms with Gasteiger partial charge in [-0.05, 0) is 25.0 Å². The second-order valence-electron chi connectivity index (χ2n) is 5.18. The minimum Gasteiger partial charge on any atom is -0.493 e. The van der Waals surface area contributed by atoms with Gasteiger partial charge >= 0.3 is 0 Å². The lowest BCUT2D eigenvalue weighted by molar-refractivity contribution is -0.120. The van der Waals surface area contributed by atoms with Gasteiger partial charge in [-0.1, -0.05) is 13.8 Å². The molecular weight excluding hydrogens is 312 g/mol. The van der Waals surface area contributed by atoms with Crippen LogP contribution in [0.3, 0.4) is 0 Å². The molecular formula is C17H26N2O5. The Hall–Kier alpha value is -2.44. The monoisotopic (exact) mass is 338 g/mol. The van der Waals surface area contributed by atoms with Gasteiger partial charge in [0.05, 0.1) is 27.9 Å². The molecule has 0 spiro atoms. The summed E-state index contributed by atoms with van der Waals surface area (Å²) in [7, 11) is 4.44. The van der Waals surface area contributed by atoms with Gasteiger partial charge < -0.3 is 24.8 Å². The van der Waals surface area contributed by atoms with Crippen LogP contribution in [0.4, 0.5) is 0 Å². The molecule has 7 nitrogen and oxygen atoms in total. The van der Waals surface area contributed by atoms with E-state index in [4.69, 9.17) is 14.2 Å². The van der Waals surface area contributed by atoms with Gasteiger partial charge in [0.2, 0.25) is 11.7 Å². The summed E-state index contributed by atoms with van der Waals surface area (Å²) in [4.78, 5) is 24.1. The second kappa shape index (κ2) is 9.64. The van der Waals surface area contributed by atoms with Gasteiger partial charge in [-0.15, -0.1) is 0 Å². The summed E-state index contributed by atoms with van der Waals surface area (Å²) in [5, 5.41) is 5.45. The first-order chi connectivity index (χ1) is 11.5. The predicted molar refractivity (Wildman–Crippen MR) is 90.9 cm³/mol. The van der Waals surface area contributed by atoms with E-state index >= 15 is 0 Å². The summed E-state index contributed by atoms with van der Waals surface area (Å²) in [6.07, 6.45) is 1.70. The summed E-state index contributed by atoms with van der Waals surface area (Å²) in [5.41, 5.74) is 0.319. The Morgan fingerprint density at radius 2 is 1.54 bits per heavy atom. The first-order valence-corrected chi connectivity index (χ1v) is 7.88. The Morgan fingerprint density at radius 1 is 1.00 bits per heavy atom. The Kier molecular flexibility index (Phi) is 7.88. The van der Waals surface area contributed by atoms with Crippen molar-refractivity contribution in [2.24, 2.45) is 0 Å². The van der Waals surface area contributed by atoms with Crippen LogP contribution in [0.25, 0.3) is 0 Å². The molecule has 7 heteroatoms. The maximum atomic E-state index is 12.3. The number of methoxy groups -OCH3 is 3. The lowest BCUT2D eigenvalue weighted by Crippen LogP contribution is -2.41. The van der Waals surface area contributed by atoms with Crippen molar-refractivity contribution in [1.29, 1.82) is 0 Å². The standard InChI is InChI=1S/C17H26N2O5/c1-6-12(7-2)19-15(20)10-18-17(21)11-8-13(22-3)16(24-5)14(9-11)23-4/h8-9,12H,6-7,10H2,1-5H3,(H,18,21)(H,19,20). The first kappa shape index (κ1) is 19.6. The summed E-state index contributed by atoms with van der Waals surface area (Å²) < 4.78 is 15.6. The second-order valence-corrected chi connectivity index (χ2v) is 5.18. The quantitative estimate of drug-likeness (QED) is 0.716. The van der Waals surface area contributed by atoms with E-state index in [2.05, 4.69) is 10.6 Å². The van der Waals surface area contributed by atoms with Crippen LogP contribution in [-0.2, 0) is 4.79 Å². The third kappa shape index (κ3) is 5.04. The fourth-order valence-corrected chi connectivity index (χ4v) is 2.25. The van der Waals surface area contributed by atoms with Crippen LogP contribution in [0.15, 0.2) is 12.1 Å². The third-order valence-electron chi connectivity index (χ3n) is 3.69. The number of ether oxygens (including phenoxy) is 3. The molecule has 1 aromatic rings. The number of rotatable bonds is 9. The minimum atomic E-state index is -0.394. The number of hydrogen-bond donors (Lipinski definition) is 2. The summed E-state index contributed by atoms with van der Waals surface area (Å²) in [6.45, 7) is 3.91. The summed E-state index contributed by atoms with van der Waals surface area (Å²) >= 11 is 0. The van der Waals surface area contributed by atoms with Crippen molar-refractivity contribution in [3.05, 3.63) is 17.7 Å². The highest BCUT2D eigenvalue weighted by molar-refractivity contribution is 5.97. The van der Waals surface area contributed by atoms with Crippen LogP contribution in [0.2, 0.25) is 0 Å². The van der Waals surface area contributed by atoms with Crippen molar-refractivity contribution in [2.75, 3.05) is 27.9 Å². The van der Waals surface area contributed by atoms with Crippen LogP contribution in [0, 0.1) is 0 Å². The zero-order valence-electron chi connectivity index (χ0n) is 14.9. The van der Waals surface area contributed by atoms with Crippen molar-refractivity contribution in [1.82, 2.24) is 10.6 Å². The Morgan fingerprint density at radius 3 is 1.96 bits per heavy atom. The molecule has 0 aromatic heterocycles. The Balaban J connectivity index is 2.79. The number of carbonyl (C=O) groups is 2. The molecule has 0 saturated carbocycles. The van der Waals surface area contributed by atoms with Gasteiger partial charge in [-0.2, -0.15) is 0 Å². The van der Waals surface area contributed by atoms with Crippen molar-refractivity contribution < 1.29 is 23.8 Å². The van der Waals surface area contributed by atoms with E-state index < -0.39 is 5.91 Å². The average Bonchev–Trinajstić information content (AvgIpc) is 2.62. The lowest BCUT2D eigenvalue weighted by Gasteiger charge is -2.16. The van der Waals surface area contributed by atoms with E-state index in [0.29, 0.717) is 22.8 Å². The number of benzene rings is 1. The van der Waals surface area contributed by atoms with Gasteiger partial charge in [0.15, 0.2) is 11.5 Å². The summed E-state index contributed by atoms with van der Waals surface area (Å²) in [5.74, 6) is 0.549. The predicted octanol–water partition coefficient (Wildman–Crippen LogP) is 1.75. The smallest absolute Gasteiger partial charge is 0.251 e. The van der Waals surface area contributed by atoms with Crippen LogP contribution in [0.1, 0.15) is 37.0 Å². The molecule has 0 aliphatic rings. The highest BCUT2D eigenvalue weighted by atomic mass is 16.5. The largest absolute Gasteiger partial charge is 0.493 e. The van der Waals surface area contributed by atoms with E-state index in [-0.39, 0.29) is 18.5 Å². The molecule has 0 saturated heterocycles. The fourth-order valence-electron chi connectivity index (χ4n) is 2.25. The molecule has 2 N–H and O–H groups in total. The normalized spacial score (nSPS) is 10.2. The van der Waals surface area contributed by atoms with Gasteiger partial charge in [0.25, 0.3) is 5.91 Å². The summed E-state index contributed by atoms with van der Waals surface area (Å²) in [6, 6.07) is 3.20. The molecule has 0 aliphatic heterocycles. The van der Waals surface area contributed by atoms with Crippen LogP contribution in [0.5, 0.6) is 17.2 Å². The van der Waals surface area contributed by atoms with Gasteiger partial charge in [-0.25, -0.2) is 0 Å².